The molecule has 2 aromatic rings. The van der Waals surface area contributed by atoms with Gasteiger partial charge in [-0.25, -0.2) is 4.98 Å². The highest BCUT2D eigenvalue weighted by atomic mass is 35.5. The van der Waals surface area contributed by atoms with Crippen LogP contribution >= 0.6 is 34.5 Å². The summed E-state index contributed by atoms with van der Waals surface area (Å²) in [5.41, 5.74) is 0.789. The van der Waals surface area contributed by atoms with E-state index in [0.29, 0.717) is 10.0 Å². The van der Waals surface area contributed by atoms with E-state index in [0.717, 1.165) is 10.6 Å². The summed E-state index contributed by atoms with van der Waals surface area (Å²) in [4.78, 5) is 4.03. The largest absolute Gasteiger partial charge is 0.234 e. The minimum atomic E-state index is 0.621. The maximum absolute atomic E-state index is 5.99. The van der Waals surface area contributed by atoms with E-state index in [1.54, 1.807) is 17.5 Å². The molecule has 1 aromatic heterocycles. The Morgan fingerprint density at radius 3 is 2.46 bits per heavy atom. The van der Waals surface area contributed by atoms with Gasteiger partial charge in [-0.05, 0) is 12.1 Å². The highest BCUT2D eigenvalue weighted by Crippen LogP contribution is 2.35. The molecule has 2 rings (SSSR count). The molecule has 0 unspecified atom stereocenters. The summed E-state index contributed by atoms with van der Waals surface area (Å²) in [5.74, 6) is 0. The van der Waals surface area contributed by atoms with E-state index in [4.69, 9.17) is 23.2 Å². The first kappa shape index (κ1) is 9.00. The number of halogens is 2. The van der Waals surface area contributed by atoms with Crippen LogP contribution in [0.25, 0.3) is 10.6 Å². The fourth-order valence-electron chi connectivity index (χ4n) is 1.01. The molecule has 0 aliphatic carbocycles. The molecule has 0 N–H and O–H groups in total. The van der Waals surface area contributed by atoms with Gasteiger partial charge < -0.3 is 0 Å². The van der Waals surface area contributed by atoms with Gasteiger partial charge in [-0.2, -0.15) is 0 Å². The molecule has 13 heavy (non-hydrogen) atoms. The fraction of sp³-hybridized carbons (Fsp3) is 0. The van der Waals surface area contributed by atoms with Crippen LogP contribution in [0.1, 0.15) is 0 Å². The fourth-order valence-corrected chi connectivity index (χ4v) is 2.36. The predicted molar refractivity (Wildman–Crippen MR) is 56.4 cm³/mol. The molecule has 0 saturated carbocycles. The number of aromatic nitrogens is 1. The SMILES string of the molecule is Clc1cccc(Cl)c1-c1n[c]cs1. The Kier molecular flexibility index (Phi) is 2.54. The standard InChI is InChI=1S/C9H4Cl2NS/c10-6-2-1-3-7(11)8(6)9-12-4-5-13-9/h1-3,5H. The molecular weight excluding hydrogens is 225 g/mol. The van der Waals surface area contributed by atoms with Crippen LogP contribution in [0.5, 0.6) is 0 Å². The lowest BCUT2D eigenvalue weighted by atomic mass is 10.2. The first-order valence-corrected chi connectivity index (χ1v) is 5.18. The van der Waals surface area contributed by atoms with E-state index in [-0.39, 0.29) is 0 Å². The summed E-state index contributed by atoms with van der Waals surface area (Å²) >= 11 is 13.4. The van der Waals surface area contributed by atoms with Gasteiger partial charge in [0, 0.05) is 10.9 Å². The van der Waals surface area contributed by atoms with Crippen molar-refractivity contribution in [1.82, 2.24) is 4.98 Å². The maximum Gasteiger partial charge on any atom is 0.127 e. The van der Waals surface area contributed by atoms with Gasteiger partial charge in [-0.1, -0.05) is 29.3 Å². The minimum absolute atomic E-state index is 0.621. The van der Waals surface area contributed by atoms with Crippen molar-refractivity contribution in [3.05, 3.63) is 39.8 Å². The molecule has 0 fully saturated rings. The molecule has 1 aromatic carbocycles. The Morgan fingerprint density at radius 2 is 1.92 bits per heavy atom. The van der Waals surface area contributed by atoms with E-state index in [2.05, 4.69) is 11.2 Å². The highest BCUT2D eigenvalue weighted by molar-refractivity contribution is 7.13. The van der Waals surface area contributed by atoms with Crippen molar-refractivity contribution in [3.8, 4) is 10.6 Å². The summed E-state index contributed by atoms with van der Waals surface area (Å²) in [6.45, 7) is 0. The lowest BCUT2D eigenvalue weighted by Gasteiger charge is -2.01. The monoisotopic (exact) mass is 228 g/mol. The van der Waals surface area contributed by atoms with E-state index in [1.807, 2.05) is 6.07 Å². The molecule has 1 heterocycles. The van der Waals surface area contributed by atoms with Crippen molar-refractivity contribution < 1.29 is 0 Å². The summed E-state index contributed by atoms with van der Waals surface area (Å²) in [5, 5.41) is 3.82. The zero-order valence-corrected chi connectivity index (χ0v) is 8.75. The third-order valence-electron chi connectivity index (χ3n) is 1.57. The minimum Gasteiger partial charge on any atom is -0.234 e. The van der Waals surface area contributed by atoms with Crippen LogP contribution in [-0.4, -0.2) is 4.98 Å². The van der Waals surface area contributed by atoms with E-state index >= 15 is 0 Å². The molecule has 0 saturated heterocycles. The van der Waals surface area contributed by atoms with Crippen LogP contribution in [0.2, 0.25) is 10.0 Å². The van der Waals surface area contributed by atoms with Crippen molar-refractivity contribution in [2.75, 3.05) is 0 Å². The Balaban J connectivity index is 2.64. The zero-order valence-electron chi connectivity index (χ0n) is 6.42. The predicted octanol–water partition coefficient (Wildman–Crippen LogP) is 3.92. The molecule has 1 nitrogen and oxygen atoms in total. The second-order valence-electron chi connectivity index (χ2n) is 2.38. The lowest BCUT2D eigenvalue weighted by molar-refractivity contribution is 1.40. The molecule has 0 aliphatic heterocycles. The average molecular weight is 229 g/mol. The number of hydrogen-bond acceptors (Lipinski definition) is 2. The van der Waals surface area contributed by atoms with Crippen LogP contribution in [0.3, 0.4) is 0 Å². The molecule has 0 aliphatic rings. The molecule has 0 spiro atoms. The third-order valence-corrected chi connectivity index (χ3v) is 2.94. The van der Waals surface area contributed by atoms with Gasteiger partial charge in [0.05, 0.1) is 10.0 Å². The van der Waals surface area contributed by atoms with Gasteiger partial charge in [-0.3, -0.25) is 0 Å². The third kappa shape index (κ3) is 1.70. The molecule has 0 atom stereocenters. The Labute approximate surface area is 90.0 Å². The van der Waals surface area contributed by atoms with Crippen molar-refractivity contribution >= 4 is 34.5 Å². The Hall–Kier alpha value is -0.570. The molecule has 0 bridgehead atoms. The summed E-state index contributed by atoms with van der Waals surface area (Å²) < 4.78 is 0. The van der Waals surface area contributed by atoms with Crippen LogP contribution in [0, 0.1) is 6.20 Å². The highest BCUT2D eigenvalue weighted by Gasteiger charge is 2.09. The summed E-state index contributed by atoms with van der Waals surface area (Å²) in [6.07, 6.45) is 2.73. The van der Waals surface area contributed by atoms with E-state index in [9.17, 15) is 0 Å². The van der Waals surface area contributed by atoms with Gasteiger partial charge in [0.2, 0.25) is 0 Å². The molecule has 65 valence electrons. The summed E-state index contributed by atoms with van der Waals surface area (Å²) in [6, 6.07) is 5.40. The average Bonchev–Trinajstić information content (AvgIpc) is 2.57. The van der Waals surface area contributed by atoms with Gasteiger partial charge in [0.25, 0.3) is 0 Å². The van der Waals surface area contributed by atoms with Crippen LogP contribution in [0.15, 0.2) is 23.6 Å². The van der Waals surface area contributed by atoms with Crippen molar-refractivity contribution in [2.45, 2.75) is 0 Å². The normalized spacial score (nSPS) is 10.3. The maximum atomic E-state index is 5.99. The second kappa shape index (κ2) is 3.66. The molecule has 4 heteroatoms. The van der Waals surface area contributed by atoms with Gasteiger partial charge in [-0.15, -0.1) is 11.3 Å². The smallest absolute Gasteiger partial charge is 0.127 e. The lowest BCUT2D eigenvalue weighted by Crippen LogP contribution is -1.79. The summed E-state index contributed by atoms with van der Waals surface area (Å²) in [7, 11) is 0. The van der Waals surface area contributed by atoms with E-state index in [1.165, 1.54) is 11.3 Å². The van der Waals surface area contributed by atoms with Crippen LogP contribution in [0.4, 0.5) is 0 Å². The van der Waals surface area contributed by atoms with Gasteiger partial charge >= 0.3 is 0 Å². The van der Waals surface area contributed by atoms with Gasteiger partial charge in [0.15, 0.2) is 0 Å². The second-order valence-corrected chi connectivity index (χ2v) is 4.05. The van der Waals surface area contributed by atoms with Crippen molar-refractivity contribution in [1.29, 1.82) is 0 Å². The van der Waals surface area contributed by atoms with Crippen molar-refractivity contribution in [3.63, 3.8) is 0 Å². The number of thiazole rings is 1. The molecule has 0 amide bonds. The molecule has 1 radical (unpaired) electrons. The number of hydrogen-bond donors (Lipinski definition) is 0. The quantitative estimate of drug-likeness (QED) is 0.722. The van der Waals surface area contributed by atoms with Crippen molar-refractivity contribution in [2.24, 2.45) is 0 Å². The topological polar surface area (TPSA) is 12.9 Å². The van der Waals surface area contributed by atoms with Gasteiger partial charge in [0.1, 0.15) is 11.2 Å². The van der Waals surface area contributed by atoms with Crippen LogP contribution < -0.4 is 0 Å². The first-order valence-electron chi connectivity index (χ1n) is 3.55. The number of rotatable bonds is 1. The first-order chi connectivity index (χ1) is 6.29. The van der Waals surface area contributed by atoms with E-state index < -0.39 is 0 Å². The number of benzene rings is 1. The Morgan fingerprint density at radius 1 is 1.23 bits per heavy atom. The zero-order chi connectivity index (χ0) is 9.26. The van der Waals surface area contributed by atoms with Crippen LogP contribution in [-0.2, 0) is 0 Å². The Bertz CT molecular complexity index is 391. The molecular formula is C9H4Cl2NS. The number of nitrogens with zero attached hydrogens (tertiary/aromatic N) is 1.